The number of fused-ring (bicyclic) bond motifs is 1. The second-order valence-electron chi connectivity index (χ2n) is 5.26. The molecule has 3 rings (SSSR count). The third-order valence-corrected chi connectivity index (χ3v) is 3.53. The van der Waals surface area contributed by atoms with Gasteiger partial charge in [0.05, 0.1) is 5.69 Å². The van der Waals surface area contributed by atoms with Gasteiger partial charge in [0, 0.05) is 30.2 Å². The lowest BCUT2D eigenvalue weighted by atomic mass is 10.0. The first-order chi connectivity index (χ1) is 10.1. The minimum absolute atomic E-state index is 0.0756. The highest BCUT2D eigenvalue weighted by Gasteiger charge is 2.12. The van der Waals surface area contributed by atoms with Crippen molar-refractivity contribution < 1.29 is 4.74 Å². The van der Waals surface area contributed by atoms with E-state index in [2.05, 4.69) is 23.3 Å². The van der Waals surface area contributed by atoms with Gasteiger partial charge in [-0.15, -0.1) is 0 Å². The number of benzene rings is 2. The van der Waals surface area contributed by atoms with Crippen LogP contribution in [0.5, 0.6) is 5.75 Å². The molecule has 0 aliphatic heterocycles. The summed E-state index contributed by atoms with van der Waals surface area (Å²) in [6, 6.07) is 14.2. The van der Waals surface area contributed by atoms with E-state index in [1.54, 1.807) is 4.68 Å². The van der Waals surface area contributed by atoms with Crippen LogP contribution in [0.4, 0.5) is 0 Å². The van der Waals surface area contributed by atoms with Crippen LogP contribution in [-0.2, 0) is 13.7 Å². The zero-order valence-electron chi connectivity index (χ0n) is 12.3. The zero-order valence-corrected chi connectivity index (χ0v) is 12.3. The topological polar surface area (TPSA) is 53.1 Å². The number of hydrogen-bond acceptors (Lipinski definition) is 3. The summed E-state index contributed by atoms with van der Waals surface area (Å²) in [6.07, 6.45) is 1.91. The van der Waals surface area contributed by atoms with Gasteiger partial charge in [0.15, 0.2) is 0 Å². The number of aromatic nitrogens is 2. The molecule has 4 nitrogen and oxygen atoms in total. The molecule has 2 aromatic carbocycles. The first kappa shape index (κ1) is 13.6. The smallest absolute Gasteiger partial charge is 0.132 e. The number of nitrogens with two attached hydrogens (primary N) is 1. The van der Waals surface area contributed by atoms with Crippen molar-refractivity contribution in [2.45, 2.75) is 19.6 Å². The minimum Gasteiger partial charge on any atom is -0.486 e. The molecule has 1 heterocycles. The molecule has 3 aromatic rings. The fraction of sp³-hybridized carbons (Fsp3) is 0.235. The monoisotopic (exact) mass is 281 g/mol. The maximum absolute atomic E-state index is 6.08. The largest absolute Gasteiger partial charge is 0.486 e. The highest BCUT2D eigenvalue weighted by Crippen LogP contribution is 2.33. The number of nitrogens with zero attached hydrogens (tertiary/aromatic N) is 2. The molecular weight excluding hydrogens is 262 g/mol. The van der Waals surface area contributed by atoms with Crippen LogP contribution in [0.15, 0.2) is 48.7 Å². The minimum atomic E-state index is -0.0756. The second kappa shape index (κ2) is 5.58. The molecule has 0 aliphatic rings. The molecule has 0 amide bonds. The lowest BCUT2D eigenvalue weighted by Gasteiger charge is -2.16. The van der Waals surface area contributed by atoms with Crippen molar-refractivity contribution in [2.24, 2.45) is 12.8 Å². The van der Waals surface area contributed by atoms with Crippen LogP contribution >= 0.6 is 0 Å². The van der Waals surface area contributed by atoms with Crippen LogP contribution in [0.25, 0.3) is 10.8 Å². The molecule has 21 heavy (non-hydrogen) atoms. The van der Waals surface area contributed by atoms with Gasteiger partial charge in [-0.05, 0) is 18.4 Å². The average Bonchev–Trinajstić information content (AvgIpc) is 2.90. The molecule has 0 aliphatic carbocycles. The van der Waals surface area contributed by atoms with Gasteiger partial charge >= 0.3 is 0 Å². The van der Waals surface area contributed by atoms with E-state index in [0.29, 0.717) is 6.61 Å². The first-order valence-corrected chi connectivity index (χ1v) is 7.03. The van der Waals surface area contributed by atoms with Crippen LogP contribution in [-0.4, -0.2) is 9.78 Å². The van der Waals surface area contributed by atoms with Gasteiger partial charge in [-0.1, -0.05) is 36.4 Å². The Bertz CT molecular complexity index is 762. The fourth-order valence-electron chi connectivity index (χ4n) is 2.47. The molecule has 1 atom stereocenters. The van der Waals surface area contributed by atoms with Crippen LogP contribution < -0.4 is 10.5 Å². The van der Waals surface area contributed by atoms with E-state index < -0.39 is 0 Å². The summed E-state index contributed by atoms with van der Waals surface area (Å²) >= 11 is 0. The summed E-state index contributed by atoms with van der Waals surface area (Å²) in [5.41, 5.74) is 8.00. The van der Waals surface area contributed by atoms with E-state index in [1.807, 2.05) is 44.4 Å². The van der Waals surface area contributed by atoms with Crippen molar-refractivity contribution >= 4 is 10.8 Å². The summed E-state index contributed by atoms with van der Waals surface area (Å²) < 4.78 is 7.83. The van der Waals surface area contributed by atoms with Crippen molar-refractivity contribution in [3.05, 3.63) is 59.9 Å². The van der Waals surface area contributed by atoms with E-state index in [1.165, 1.54) is 0 Å². The van der Waals surface area contributed by atoms with Crippen LogP contribution in [0, 0.1) is 0 Å². The molecule has 0 fully saturated rings. The SMILES string of the molecule is C[C@@H](N)c1ccc2ccccc2c1OCc1ccn(C)n1. The zero-order chi connectivity index (χ0) is 14.8. The van der Waals surface area contributed by atoms with Crippen molar-refractivity contribution in [1.29, 1.82) is 0 Å². The molecule has 0 saturated heterocycles. The summed E-state index contributed by atoms with van der Waals surface area (Å²) in [4.78, 5) is 0. The third kappa shape index (κ3) is 2.76. The first-order valence-electron chi connectivity index (χ1n) is 7.03. The quantitative estimate of drug-likeness (QED) is 0.799. The molecule has 0 radical (unpaired) electrons. The standard InChI is InChI=1S/C17H19N3O/c1-12(18)15-8-7-13-5-3-4-6-16(13)17(15)21-11-14-9-10-20(2)19-14/h3-10,12H,11,18H2,1-2H3/t12-/m1/s1. The number of hydrogen-bond donors (Lipinski definition) is 1. The molecule has 0 bridgehead atoms. The van der Waals surface area contributed by atoms with Crippen LogP contribution in [0.2, 0.25) is 0 Å². The number of rotatable bonds is 4. The molecule has 4 heteroatoms. The Morgan fingerprint density at radius 2 is 2.00 bits per heavy atom. The summed E-state index contributed by atoms with van der Waals surface area (Å²) in [6.45, 7) is 2.41. The van der Waals surface area contributed by atoms with Crippen LogP contribution in [0.1, 0.15) is 24.2 Å². The van der Waals surface area contributed by atoms with Gasteiger partial charge in [0.2, 0.25) is 0 Å². The van der Waals surface area contributed by atoms with Crippen molar-refractivity contribution in [3.8, 4) is 5.75 Å². The van der Waals surface area contributed by atoms with Crippen molar-refractivity contribution in [1.82, 2.24) is 9.78 Å². The molecule has 2 N–H and O–H groups in total. The Morgan fingerprint density at radius 1 is 1.19 bits per heavy atom. The van der Waals surface area contributed by atoms with E-state index in [0.717, 1.165) is 27.8 Å². The predicted molar refractivity (Wildman–Crippen MR) is 84.1 cm³/mol. The molecule has 0 unspecified atom stereocenters. The Hall–Kier alpha value is -2.33. The molecule has 1 aromatic heterocycles. The van der Waals surface area contributed by atoms with Gasteiger partial charge in [0.25, 0.3) is 0 Å². The molecule has 108 valence electrons. The lowest BCUT2D eigenvalue weighted by molar-refractivity contribution is 0.299. The lowest BCUT2D eigenvalue weighted by Crippen LogP contribution is -2.08. The Labute approximate surface area is 124 Å². The second-order valence-corrected chi connectivity index (χ2v) is 5.26. The highest BCUT2D eigenvalue weighted by atomic mass is 16.5. The summed E-state index contributed by atoms with van der Waals surface area (Å²) in [5.74, 6) is 0.855. The van der Waals surface area contributed by atoms with Gasteiger partial charge in [0.1, 0.15) is 12.4 Å². The molecule has 0 spiro atoms. The Balaban J connectivity index is 1.99. The normalized spacial score (nSPS) is 12.5. The highest BCUT2D eigenvalue weighted by molar-refractivity contribution is 5.89. The third-order valence-electron chi connectivity index (χ3n) is 3.53. The maximum atomic E-state index is 6.08. The van der Waals surface area contributed by atoms with E-state index in [-0.39, 0.29) is 6.04 Å². The maximum Gasteiger partial charge on any atom is 0.132 e. The fourth-order valence-corrected chi connectivity index (χ4v) is 2.47. The summed E-state index contributed by atoms with van der Waals surface area (Å²) in [7, 11) is 1.90. The van der Waals surface area contributed by atoms with E-state index >= 15 is 0 Å². The summed E-state index contributed by atoms with van der Waals surface area (Å²) in [5, 5.41) is 6.58. The average molecular weight is 281 g/mol. The number of aryl methyl sites for hydroxylation is 1. The van der Waals surface area contributed by atoms with Crippen molar-refractivity contribution in [2.75, 3.05) is 0 Å². The van der Waals surface area contributed by atoms with Gasteiger partial charge < -0.3 is 10.5 Å². The van der Waals surface area contributed by atoms with Crippen LogP contribution in [0.3, 0.4) is 0 Å². The molecular formula is C17H19N3O. The predicted octanol–water partition coefficient (Wildman–Crippen LogP) is 3.17. The Morgan fingerprint density at radius 3 is 2.71 bits per heavy atom. The van der Waals surface area contributed by atoms with Crippen molar-refractivity contribution in [3.63, 3.8) is 0 Å². The molecule has 0 saturated carbocycles. The van der Waals surface area contributed by atoms with E-state index in [9.17, 15) is 0 Å². The van der Waals surface area contributed by atoms with Gasteiger partial charge in [-0.2, -0.15) is 5.10 Å². The van der Waals surface area contributed by atoms with Gasteiger partial charge in [-0.25, -0.2) is 0 Å². The Kier molecular flexibility index (Phi) is 3.62. The number of ether oxygens (including phenoxy) is 1. The van der Waals surface area contributed by atoms with Gasteiger partial charge in [-0.3, -0.25) is 4.68 Å². The van der Waals surface area contributed by atoms with E-state index in [4.69, 9.17) is 10.5 Å².